The molecule has 2 unspecified atom stereocenters. The highest BCUT2D eigenvalue weighted by Crippen LogP contribution is 2.37. The fourth-order valence-corrected chi connectivity index (χ4v) is 4.31. The summed E-state index contributed by atoms with van der Waals surface area (Å²) in [6.07, 6.45) is 8.43. The average molecular weight is 431 g/mol. The molecule has 1 heterocycles. The molecule has 1 aromatic carbocycles. The number of nitrogens with zero attached hydrogens (tertiary/aromatic N) is 1. The minimum atomic E-state index is -1.01. The van der Waals surface area contributed by atoms with Crippen LogP contribution in [0.1, 0.15) is 58.4 Å². The third-order valence-electron chi connectivity index (χ3n) is 6.21. The van der Waals surface area contributed by atoms with Crippen LogP contribution < -0.4 is 10.1 Å². The molecule has 172 valence electrons. The smallest absolute Gasteiger partial charge is 0.326 e. The van der Waals surface area contributed by atoms with Crippen LogP contribution >= 0.6 is 0 Å². The number of likely N-dealkylation sites (tertiary alicyclic amines) is 1. The van der Waals surface area contributed by atoms with Gasteiger partial charge in [-0.05, 0) is 56.5 Å². The molecule has 2 atom stereocenters. The van der Waals surface area contributed by atoms with Crippen molar-refractivity contribution in [2.24, 2.45) is 5.92 Å². The van der Waals surface area contributed by atoms with E-state index in [1.165, 1.54) is 24.8 Å². The quantitative estimate of drug-likeness (QED) is 0.549. The Bertz CT molecular complexity index is 762. The molecular formula is C25H38N2O4. The highest BCUT2D eigenvalue weighted by Gasteiger charge is 2.33. The van der Waals surface area contributed by atoms with Gasteiger partial charge in [-0.1, -0.05) is 51.5 Å². The molecule has 0 bridgehead atoms. The van der Waals surface area contributed by atoms with Crippen molar-refractivity contribution in [1.29, 1.82) is 0 Å². The van der Waals surface area contributed by atoms with Gasteiger partial charge in [0, 0.05) is 18.4 Å². The lowest BCUT2D eigenvalue weighted by Crippen LogP contribution is -2.44. The summed E-state index contributed by atoms with van der Waals surface area (Å²) >= 11 is 0. The maximum Gasteiger partial charge on any atom is 0.326 e. The van der Waals surface area contributed by atoms with Crippen LogP contribution in [0.5, 0.6) is 5.75 Å². The molecule has 1 fully saturated rings. The van der Waals surface area contributed by atoms with Crippen molar-refractivity contribution in [2.45, 2.75) is 64.3 Å². The lowest BCUT2D eigenvalue weighted by atomic mass is 9.74. The van der Waals surface area contributed by atoms with Crippen LogP contribution in [0.25, 0.3) is 0 Å². The standard InChI is InChI=1S/C25H38N2O4/c1-5-25(14-7-8-15-27(4)18-25)20-11-10-12-21(17-20)31-16-9-6-13-22(28)26-23(19(2)3)24(29)30/h6,9-12,17,19,23H,5,7-8,13-16,18H2,1-4H3,(H,26,28)(H,29,30). The zero-order chi connectivity index (χ0) is 22.9. The summed E-state index contributed by atoms with van der Waals surface area (Å²) in [5, 5.41) is 11.7. The SMILES string of the molecule is CCC1(c2cccc(OCC=CCC(=O)NC(C(=O)O)C(C)C)c2)CCCCN(C)C1. The van der Waals surface area contributed by atoms with E-state index in [0.29, 0.717) is 6.61 Å². The molecule has 1 aliphatic heterocycles. The van der Waals surface area contributed by atoms with Gasteiger partial charge in [0.25, 0.3) is 0 Å². The van der Waals surface area contributed by atoms with Gasteiger partial charge in [0.15, 0.2) is 0 Å². The van der Waals surface area contributed by atoms with E-state index in [-0.39, 0.29) is 23.7 Å². The van der Waals surface area contributed by atoms with Crippen molar-refractivity contribution < 1.29 is 19.4 Å². The predicted molar refractivity (Wildman–Crippen MR) is 123 cm³/mol. The van der Waals surface area contributed by atoms with Crippen molar-refractivity contribution in [1.82, 2.24) is 10.2 Å². The number of aliphatic carboxylic acids is 1. The molecule has 1 saturated heterocycles. The summed E-state index contributed by atoms with van der Waals surface area (Å²) < 4.78 is 5.90. The van der Waals surface area contributed by atoms with Crippen molar-refractivity contribution in [2.75, 3.05) is 26.7 Å². The molecular weight excluding hydrogens is 392 g/mol. The van der Waals surface area contributed by atoms with Crippen LogP contribution in [0.4, 0.5) is 0 Å². The van der Waals surface area contributed by atoms with Gasteiger partial charge in [-0.2, -0.15) is 0 Å². The van der Waals surface area contributed by atoms with Gasteiger partial charge in [-0.15, -0.1) is 0 Å². The fourth-order valence-electron chi connectivity index (χ4n) is 4.31. The molecule has 6 heteroatoms. The van der Waals surface area contributed by atoms with Gasteiger partial charge in [0.05, 0.1) is 0 Å². The highest BCUT2D eigenvalue weighted by molar-refractivity contribution is 5.84. The Morgan fingerprint density at radius 2 is 2.06 bits per heavy atom. The molecule has 0 aromatic heterocycles. The fraction of sp³-hybridized carbons (Fsp3) is 0.600. The molecule has 2 rings (SSSR count). The maximum atomic E-state index is 12.0. The first-order chi connectivity index (χ1) is 14.8. The number of carbonyl (C=O) groups is 2. The molecule has 1 amide bonds. The lowest BCUT2D eigenvalue weighted by molar-refractivity contribution is -0.143. The molecule has 2 N–H and O–H groups in total. The first-order valence-electron chi connectivity index (χ1n) is 11.4. The van der Waals surface area contributed by atoms with Crippen LogP contribution in [-0.2, 0) is 15.0 Å². The van der Waals surface area contributed by atoms with Crippen LogP contribution in [-0.4, -0.2) is 54.7 Å². The second kappa shape index (κ2) is 11.9. The van der Waals surface area contributed by atoms with E-state index in [9.17, 15) is 9.59 Å². The Morgan fingerprint density at radius 1 is 1.29 bits per heavy atom. The summed E-state index contributed by atoms with van der Waals surface area (Å²) in [6, 6.07) is 7.52. The summed E-state index contributed by atoms with van der Waals surface area (Å²) in [6.45, 7) is 8.40. The van der Waals surface area contributed by atoms with Gasteiger partial charge in [-0.3, -0.25) is 4.79 Å². The van der Waals surface area contributed by atoms with Gasteiger partial charge in [0.1, 0.15) is 18.4 Å². The minimum Gasteiger partial charge on any atom is -0.490 e. The number of carboxylic acid groups (broad SMARTS) is 1. The van der Waals surface area contributed by atoms with E-state index in [0.717, 1.165) is 25.3 Å². The van der Waals surface area contributed by atoms with E-state index in [2.05, 4.69) is 42.4 Å². The van der Waals surface area contributed by atoms with Gasteiger partial charge in [-0.25, -0.2) is 4.79 Å². The van der Waals surface area contributed by atoms with E-state index < -0.39 is 12.0 Å². The average Bonchev–Trinajstić information content (AvgIpc) is 2.93. The number of hydrogen-bond donors (Lipinski definition) is 2. The Labute approximate surface area is 186 Å². The molecule has 1 aromatic rings. The van der Waals surface area contributed by atoms with Gasteiger partial charge >= 0.3 is 5.97 Å². The van der Waals surface area contributed by atoms with Crippen molar-refractivity contribution >= 4 is 11.9 Å². The highest BCUT2D eigenvalue weighted by atomic mass is 16.5. The molecule has 0 saturated carbocycles. The van der Waals surface area contributed by atoms with Gasteiger partial charge in [0.2, 0.25) is 5.91 Å². The van der Waals surface area contributed by atoms with Crippen LogP contribution in [0.3, 0.4) is 0 Å². The molecule has 31 heavy (non-hydrogen) atoms. The number of benzene rings is 1. The monoisotopic (exact) mass is 430 g/mol. The topological polar surface area (TPSA) is 78.9 Å². The third kappa shape index (κ3) is 7.39. The molecule has 0 aliphatic carbocycles. The summed E-state index contributed by atoms with van der Waals surface area (Å²) in [5.41, 5.74) is 1.49. The van der Waals surface area contributed by atoms with Crippen molar-refractivity contribution in [3.63, 3.8) is 0 Å². The van der Waals surface area contributed by atoms with E-state index in [4.69, 9.17) is 9.84 Å². The number of ether oxygens (including phenoxy) is 1. The normalized spacial score (nSPS) is 21.1. The Morgan fingerprint density at radius 3 is 2.74 bits per heavy atom. The number of likely N-dealkylation sites (N-methyl/N-ethyl adjacent to an activating group) is 1. The molecule has 1 aliphatic rings. The Hall–Kier alpha value is -2.34. The number of rotatable bonds is 10. The van der Waals surface area contributed by atoms with Crippen molar-refractivity contribution in [3.8, 4) is 5.75 Å². The number of carbonyl (C=O) groups excluding carboxylic acids is 1. The van der Waals surface area contributed by atoms with E-state index in [1.807, 2.05) is 6.07 Å². The summed E-state index contributed by atoms with van der Waals surface area (Å²) in [5.74, 6) is -0.653. The zero-order valence-corrected chi connectivity index (χ0v) is 19.4. The molecule has 6 nitrogen and oxygen atoms in total. The molecule has 0 spiro atoms. The number of amides is 1. The number of nitrogens with one attached hydrogen (secondary N) is 1. The second-order valence-electron chi connectivity index (χ2n) is 8.97. The predicted octanol–water partition coefficient (Wildman–Crippen LogP) is 4.00. The first-order valence-corrected chi connectivity index (χ1v) is 11.4. The largest absolute Gasteiger partial charge is 0.490 e. The lowest BCUT2D eigenvalue weighted by Gasteiger charge is -2.35. The molecule has 0 radical (unpaired) electrons. The second-order valence-corrected chi connectivity index (χ2v) is 8.97. The maximum absolute atomic E-state index is 12.0. The Kier molecular flexibility index (Phi) is 9.56. The summed E-state index contributed by atoms with van der Waals surface area (Å²) in [7, 11) is 2.21. The Balaban J connectivity index is 1.90. The van der Waals surface area contributed by atoms with Crippen LogP contribution in [0.2, 0.25) is 0 Å². The van der Waals surface area contributed by atoms with Crippen LogP contribution in [0, 0.1) is 5.92 Å². The number of hydrogen-bond acceptors (Lipinski definition) is 4. The van der Waals surface area contributed by atoms with Gasteiger partial charge < -0.3 is 20.1 Å². The summed E-state index contributed by atoms with van der Waals surface area (Å²) in [4.78, 5) is 25.6. The van der Waals surface area contributed by atoms with E-state index in [1.54, 1.807) is 26.0 Å². The van der Waals surface area contributed by atoms with E-state index >= 15 is 0 Å². The van der Waals surface area contributed by atoms with Crippen molar-refractivity contribution in [3.05, 3.63) is 42.0 Å². The van der Waals surface area contributed by atoms with Crippen LogP contribution in [0.15, 0.2) is 36.4 Å². The minimum absolute atomic E-state index is 0.130. The first kappa shape index (κ1) is 24.9. The number of carboxylic acids is 1. The third-order valence-corrected chi connectivity index (χ3v) is 6.21. The zero-order valence-electron chi connectivity index (χ0n) is 19.4.